The summed E-state index contributed by atoms with van der Waals surface area (Å²) < 4.78 is 25.5. The van der Waals surface area contributed by atoms with E-state index in [2.05, 4.69) is 5.32 Å². The largest absolute Gasteiger partial charge is 0.318 e. The van der Waals surface area contributed by atoms with Gasteiger partial charge in [-0.25, -0.2) is 8.78 Å². The van der Waals surface area contributed by atoms with E-state index < -0.39 is 28.9 Å². The topological polar surface area (TPSA) is 46.2 Å². The molecule has 1 amide bonds. The third kappa shape index (κ3) is 0.932. The molecular weight excluding hydrogens is 180 g/mol. The fourth-order valence-corrected chi connectivity index (χ4v) is 1.17. The smallest absolute Gasteiger partial charge is 0.296 e. The maximum Gasteiger partial charge on any atom is 0.296 e. The number of carbonyl (C=O) groups is 2. The molecule has 0 saturated carbocycles. The van der Waals surface area contributed by atoms with E-state index >= 15 is 0 Å². The quantitative estimate of drug-likeness (QED) is 0.612. The van der Waals surface area contributed by atoms with Gasteiger partial charge in [0.1, 0.15) is 0 Å². The highest BCUT2D eigenvalue weighted by atomic mass is 19.2. The van der Waals surface area contributed by atoms with Gasteiger partial charge in [0.05, 0.1) is 11.3 Å². The molecule has 13 heavy (non-hydrogen) atoms. The van der Waals surface area contributed by atoms with Crippen LogP contribution in [0.25, 0.3) is 0 Å². The van der Waals surface area contributed by atoms with Crippen LogP contribution in [0.5, 0.6) is 0 Å². The molecule has 1 aliphatic heterocycles. The normalized spacial score (nSPS) is 14.3. The van der Waals surface area contributed by atoms with Gasteiger partial charge in [0, 0.05) is 0 Å². The molecule has 0 unspecified atom stereocenters. The standard InChI is InChI=1S/C8H3F2NO2/c9-3-1-2-4-5(6(3)10)7(12)8(13)11-4/h1-2H,(H,11,12,13). The monoisotopic (exact) mass is 183 g/mol. The van der Waals surface area contributed by atoms with Crippen molar-refractivity contribution in [3.05, 3.63) is 29.3 Å². The van der Waals surface area contributed by atoms with Crippen molar-refractivity contribution in [2.24, 2.45) is 0 Å². The number of amides is 1. The Morgan fingerprint density at radius 1 is 1.15 bits per heavy atom. The van der Waals surface area contributed by atoms with Crippen molar-refractivity contribution in [1.82, 2.24) is 0 Å². The maximum absolute atomic E-state index is 12.9. The fraction of sp³-hybridized carbons (Fsp3) is 0. The van der Waals surface area contributed by atoms with E-state index in [1.54, 1.807) is 0 Å². The Hall–Kier alpha value is -1.78. The number of nitrogens with one attached hydrogen (secondary N) is 1. The van der Waals surface area contributed by atoms with Crippen molar-refractivity contribution in [2.75, 3.05) is 5.32 Å². The zero-order valence-electron chi connectivity index (χ0n) is 6.23. The number of anilines is 1. The number of hydrogen-bond donors (Lipinski definition) is 1. The van der Waals surface area contributed by atoms with Gasteiger partial charge in [-0.2, -0.15) is 0 Å². The zero-order valence-corrected chi connectivity index (χ0v) is 6.23. The molecule has 1 aromatic carbocycles. The van der Waals surface area contributed by atoms with Crippen LogP contribution in [0.1, 0.15) is 10.4 Å². The van der Waals surface area contributed by atoms with E-state index in [9.17, 15) is 18.4 Å². The summed E-state index contributed by atoms with van der Waals surface area (Å²) in [5, 5.41) is 2.12. The van der Waals surface area contributed by atoms with E-state index in [1.807, 2.05) is 0 Å². The number of carbonyl (C=O) groups excluding carboxylic acids is 2. The molecule has 1 aromatic rings. The number of halogens is 2. The minimum absolute atomic E-state index is 0.0221. The van der Waals surface area contributed by atoms with Gasteiger partial charge in [-0.3, -0.25) is 9.59 Å². The molecule has 0 aliphatic carbocycles. The molecule has 1 aliphatic rings. The minimum atomic E-state index is -1.28. The second-order valence-corrected chi connectivity index (χ2v) is 2.57. The zero-order chi connectivity index (χ0) is 9.59. The number of rotatable bonds is 0. The van der Waals surface area contributed by atoms with Gasteiger partial charge in [0.25, 0.3) is 11.7 Å². The van der Waals surface area contributed by atoms with Crippen molar-refractivity contribution in [2.45, 2.75) is 0 Å². The highest BCUT2D eigenvalue weighted by Gasteiger charge is 2.32. The minimum Gasteiger partial charge on any atom is -0.318 e. The van der Waals surface area contributed by atoms with Crippen LogP contribution in [-0.2, 0) is 4.79 Å². The van der Waals surface area contributed by atoms with Gasteiger partial charge in [0.15, 0.2) is 11.6 Å². The Morgan fingerprint density at radius 2 is 1.85 bits per heavy atom. The van der Waals surface area contributed by atoms with Gasteiger partial charge in [0.2, 0.25) is 0 Å². The summed E-state index contributed by atoms with van der Waals surface area (Å²) in [4.78, 5) is 21.7. The summed E-state index contributed by atoms with van der Waals surface area (Å²) in [6, 6.07) is 2.00. The van der Waals surface area contributed by atoms with Gasteiger partial charge in [-0.05, 0) is 12.1 Å². The van der Waals surface area contributed by atoms with Gasteiger partial charge >= 0.3 is 0 Å². The summed E-state index contributed by atoms with van der Waals surface area (Å²) in [7, 11) is 0. The van der Waals surface area contributed by atoms with Crippen LogP contribution < -0.4 is 5.32 Å². The molecule has 5 heteroatoms. The molecule has 0 atom stereocenters. The lowest BCUT2D eigenvalue weighted by molar-refractivity contribution is -0.112. The Balaban J connectivity index is 2.73. The number of hydrogen-bond acceptors (Lipinski definition) is 2. The van der Waals surface area contributed by atoms with Crippen molar-refractivity contribution in [3.8, 4) is 0 Å². The molecular formula is C8H3F2NO2. The molecule has 0 radical (unpaired) electrons. The van der Waals surface area contributed by atoms with Crippen LogP contribution in [0.4, 0.5) is 14.5 Å². The van der Waals surface area contributed by atoms with E-state index in [0.717, 1.165) is 12.1 Å². The Morgan fingerprint density at radius 3 is 2.54 bits per heavy atom. The van der Waals surface area contributed by atoms with Gasteiger partial charge in [-0.1, -0.05) is 0 Å². The van der Waals surface area contributed by atoms with Crippen molar-refractivity contribution in [1.29, 1.82) is 0 Å². The molecule has 0 bridgehead atoms. The lowest BCUT2D eigenvalue weighted by Gasteiger charge is -1.97. The molecule has 66 valence electrons. The van der Waals surface area contributed by atoms with Crippen molar-refractivity contribution < 1.29 is 18.4 Å². The number of Topliss-reactive ketones (excluding diaryl/α,β-unsaturated/α-hetero) is 1. The van der Waals surface area contributed by atoms with Crippen LogP contribution in [0.15, 0.2) is 12.1 Å². The highest BCUT2D eigenvalue weighted by Crippen LogP contribution is 2.26. The first-order chi connectivity index (χ1) is 6.11. The molecule has 0 fully saturated rings. The average molecular weight is 183 g/mol. The molecule has 3 nitrogen and oxygen atoms in total. The second kappa shape index (κ2) is 2.35. The molecule has 1 heterocycles. The fourth-order valence-electron chi connectivity index (χ4n) is 1.17. The lowest BCUT2D eigenvalue weighted by atomic mass is 10.1. The van der Waals surface area contributed by atoms with E-state index in [-0.39, 0.29) is 5.69 Å². The van der Waals surface area contributed by atoms with E-state index in [0.29, 0.717) is 0 Å². The van der Waals surface area contributed by atoms with E-state index in [4.69, 9.17) is 0 Å². The Kier molecular flexibility index (Phi) is 1.42. The first kappa shape index (κ1) is 7.85. The van der Waals surface area contributed by atoms with Crippen molar-refractivity contribution >= 4 is 17.4 Å². The number of ketones is 1. The molecule has 1 N–H and O–H groups in total. The predicted molar refractivity (Wildman–Crippen MR) is 39.3 cm³/mol. The molecule has 0 saturated heterocycles. The SMILES string of the molecule is O=C1Nc2ccc(F)c(F)c2C1=O. The van der Waals surface area contributed by atoms with Gasteiger partial charge < -0.3 is 5.32 Å². The third-order valence-electron chi connectivity index (χ3n) is 1.78. The summed E-state index contributed by atoms with van der Waals surface area (Å²) in [6.07, 6.45) is 0. The first-order valence-electron chi connectivity index (χ1n) is 3.45. The summed E-state index contributed by atoms with van der Waals surface area (Å²) in [6.45, 7) is 0. The second-order valence-electron chi connectivity index (χ2n) is 2.57. The predicted octanol–water partition coefficient (Wildman–Crippen LogP) is 1.10. The van der Waals surface area contributed by atoms with Crippen LogP contribution in [-0.4, -0.2) is 11.7 Å². The van der Waals surface area contributed by atoms with Crippen LogP contribution in [0.2, 0.25) is 0 Å². The number of benzene rings is 1. The Labute approximate surface area is 71.4 Å². The summed E-state index contributed by atoms with van der Waals surface area (Å²) in [5.41, 5.74) is -0.487. The van der Waals surface area contributed by atoms with Crippen LogP contribution in [0, 0.1) is 11.6 Å². The van der Waals surface area contributed by atoms with Crippen LogP contribution in [0.3, 0.4) is 0 Å². The molecule has 0 spiro atoms. The first-order valence-corrected chi connectivity index (χ1v) is 3.45. The summed E-state index contributed by atoms with van der Waals surface area (Å²) in [5.74, 6) is -4.38. The average Bonchev–Trinajstić information content (AvgIpc) is 2.37. The van der Waals surface area contributed by atoms with Gasteiger partial charge in [-0.15, -0.1) is 0 Å². The lowest BCUT2D eigenvalue weighted by Crippen LogP contribution is -2.13. The maximum atomic E-state index is 12.9. The molecule has 0 aromatic heterocycles. The Bertz CT molecular complexity index is 428. The molecule has 2 rings (SSSR count). The van der Waals surface area contributed by atoms with Crippen LogP contribution >= 0.6 is 0 Å². The highest BCUT2D eigenvalue weighted by molar-refractivity contribution is 6.51. The summed E-state index contributed by atoms with van der Waals surface area (Å²) >= 11 is 0. The van der Waals surface area contributed by atoms with E-state index in [1.165, 1.54) is 0 Å². The van der Waals surface area contributed by atoms with Crippen molar-refractivity contribution in [3.63, 3.8) is 0 Å². The third-order valence-corrected chi connectivity index (χ3v) is 1.78. The number of fused-ring (bicyclic) bond motifs is 1.